The van der Waals surface area contributed by atoms with Crippen molar-refractivity contribution < 1.29 is 8.42 Å². The average Bonchev–Trinajstić information content (AvgIpc) is 2.96. The van der Waals surface area contributed by atoms with Gasteiger partial charge in [0.2, 0.25) is 10.0 Å². The minimum absolute atomic E-state index is 0.532. The van der Waals surface area contributed by atoms with E-state index in [1.54, 1.807) is 18.6 Å². The highest BCUT2D eigenvalue weighted by Crippen LogP contribution is 2.18. The minimum atomic E-state index is -3.09. The van der Waals surface area contributed by atoms with Gasteiger partial charge in [0.05, 0.1) is 18.6 Å². The molecule has 0 unspecified atom stereocenters. The van der Waals surface area contributed by atoms with Crippen molar-refractivity contribution in [3.8, 4) is 11.3 Å². The van der Waals surface area contributed by atoms with Crippen LogP contribution in [0, 0.1) is 0 Å². The Hall–Kier alpha value is -1.77. The number of rotatable bonds is 4. The van der Waals surface area contributed by atoms with E-state index in [4.69, 9.17) is 0 Å². The van der Waals surface area contributed by atoms with Crippen molar-refractivity contribution in [2.75, 3.05) is 32.4 Å². The van der Waals surface area contributed by atoms with Crippen molar-refractivity contribution in [3.63, 3.8) is 0 Å². The molecule has 7 nitrogen and oxygen atoms in total. The molecule has 0 aliphatic carbocycles. The number of nitrogens with zero attached hydrogens (tertiary/aromatic N) is 5. The Kier molecular flexibility index (Phi) is 4.23. The summed E-state index contributed by atoms with van der Waals surface area (Å²) in [5.41, 5.74) is 2.11. The van der Waals surface area contributed by atoms with Gasteiger partial charge < -0.3 is 0 Å². The largest absolute Gasteiger partial charge is 0.282 e. The molecular weight excluding hydrogens is 302 g/mol. The van der Waals surface area contributed by atoms with Gasteiger partial charge in [-0.05, 0) is 18.2 Å². The summed E-state index contributed by atoms with van der Waals surface area (Å²) in [6.45, 7) is 3.14. The molecule has 0 radical (unpaired) electrons. The lowest BCUT2D eigenvalue weighted by Crippen LogP contribution is -2.48. The first-order valence-corrected chi connectivity index (χ1v) is 8.98. The van der Waals surface area contributed by atoms with E-state index in [0.29, 0.717) is 32.8 Å². The molecule has 118 valence electrons. The van der Waals surface area contributed by atoms with Crippen LogP contribution in [0.1, 0.15) is 0 Å². The molecule has 1 aliphatic heterocycles. The predicted octanol–water partition coefficient (Wildman–Crippen LogP) is 0.480. The SMILES string of the molecule is CS(=O)(=O)N1CCN(Cn2nccc2-c2ccncc2)CC1. The zero-order valence-corrected chi connectivity index (χ0v) is 13.3. The van der Waals surface area contributed by atoms with E-state index in [9.17, 15) is 8.42 Å². The van der Waals surface area contributed by atoms with E-state index >= 15 is 0 Å². The van der Waals surface area contributed by atoms with Gasteiger partial charge in [-0.1, -0.05) is 0 Å². The highest BCUT2D eigenvalue weighted by atomic mass is 32.2. The van der Waals surface area contributed by atoms with Crippen LogP contribution in [0.5, 0.6) is 0 Å². The van der Waals surface area contributed by atoms with Crippen molar-refractivity contribution in [1.82, 2.24) is 24.0 Å². The topological polar surface area (TPSA) is 71.3 Å². The van der Waals surface area contributed by atoms with Crippen LogP contribution in [0.25, 0.3) is 11.3 Å². The molecule has 0 atom stereocenters. The van der Waals surface area contributed by atoms with Gasteiger partial charge >= 0.3 is 0 Å². The Balaban J connectivity index is 1.68. The van der Waals surface area contributed by atoms with Gasteiger partial charge in [-0.25, -0.2) is 8.42 Å². The third-order valence-electron chi connectivity index (χ3n) is 3.83. The molecule has 0 aromatic carbocycles. The smallest absolute Gasteiger partial charge is 0.211 e. The van der Waals surface area contributed by atoms with Gasteiger partial charge in [-0.15, -0.1) is 0 Å². The molecule has 0 N–H and O–H groups in total. The van der Waals surface area contributed by atoms with Crippen LogP contribution < -0.4 is 0 Å². The Bertz CT molecular complexity index is 721. The molecule has 3 rings (SSSR count). The van der Waals surface area contributed by atoms with E-state index in [1.165, 1.54) is 10.6 Å². The van der Waals surface area contributed by atoms with Gasteiger partial charge in [0.25, 0.3) is 0 Å². The number of sulfonamides is 1. The highest BCUT2D eigenvalue weighted by molar-refractivity contribution is 7.88. The van der Waals surface area contributed by atoms with E-state index in [-0.39, 0.29) is 0 Å². The maximum Gasteiger partial charge on any atom is 0.211 e. The Labute approximate surface area is 130 Å². The second-order valence-electron chi connectivity index (χ2n) is 5.37. The summed E-state index contributed by atoms with van der Waals surface area (Å²) >= 11 is 0. The third-order valence-corrected chi connectivity index (χ3v) is 5.13. The molecule has 2 aromatic heterocycles. The number of aromatic nitrogens is 3. The fourth-order valence-electron chi connectivity index (χ4n) is 2.61. The number of hydrogen-bond donors (Lipinski definition) is 0. The Morgan fingerprint density at radius 1 is 1.05 bits per heavy atom. The molecule has 1 saturated heterocycles. The number of piperazine rings is 1. The van der Waals surface area contributed by atoms with Crippen molar-refractivity contribution in [1.29, 1.82) is 0 Å². The average molecular weight is 321 g/mol. The van der Waals surface area contributed by atoms with Gasteiger partial charge in [0, 0.05) is 50.3 Å². The normalized spacial score (nSPS) is 17.7. The van der Waals surface area contributed by atoms with E-state index in [2.05, 4.69) is 15.0 Å². The molecule has 0 spiro atoms. The molecule has 1 fully saturated rings. The molecule has 0 bridgehead atoms. The van der Waals surface area contributed by atoms with Gasteiger partial charge in [-0.2, -0.15) is 9.40 Å². The van der Waals surface area contributed by atoms with Crippen LogP contribution in [0.2, 0.25) is 0 Å². The molecule has 0 saturated carbocycles. The summed E-state index contributed by atoms with van der Waals surface area (Å²) in [6.07, 6.45) is 6.56. The Morgan fingerprint density at radius 2 is 1.73 bits per heavy atom. The van der Waals surface area contributed by atoms with E-state index < -0.39 is 10.0 Å². The Morgan fingerprint density at radius 3 is 2.36 bits per heavy atom. The zero-order valence-electron chi connectivity index (χ0n) is 12.5. The second-order valence-corrected chi connectivity index (χ2v) is 7.36. The first-order chi connectivity index (χ1) is 10.5. The minimum Gasteiger partial charge on any atom is -0.282 e. The summed E-state index contributed by atoms with van der Waals surface area (Å²) in [6, 6.07) is 5.88. The quantitative estimate of drug-likeness (QED) is 0.819. The summed E-state index contributed by atoms with van der Waals surface area (Å²) < 4.78 is 26.5. The number of pyridine rings is 1. The van der Waals surface area contributed by atoms with Crippen LogP contribution in [0.4, 0.5) is 0 Å². The zero-order chi connectivity index (χ0) is 15.6. The summed E-state index contributed by atoms with van der Waals surface area (Å²) in [5.74, 6) is 0. The predicted molar refractivity (Wildman–Crippen MR) is 83.4 cm³/mol. The molecule has 3 heterocycles. The first-order valence-electron chi connectivity index (χ1n) is 7.14. The van der Waals surface area contributed by atoms with Crippen molar-refractivity contribution in [3.05, 3.63) is 36.8 Å². The van der Waals surface area contributed by atoms with Crippen LogP contribution in [-0.2, 0) is 16.7 Å². The number of hydrogen-bond acceptors (Lipinski definition) is 5. The lowest BCUT2D eigenvalue weighted by Gasteiger charge is -2.33. The standard InChI is InChI=1S/C14H19N5O2S/c1-22(20,21)18-10-8-17(9-11-18)12-19-14(4-7-16-19)13-2-5-15-6-3-13/h2-7H,8-12H2,1H3. The molecule has 8 heteroatoms. The van der Waals surface area contributed by atoms with E-state index in [0.717, 1.165) is 11.3 Å². The molecule has 22 heavy (non-hydrogen) atoms. The van der Waals surface area contributed by atoms with Gasteiger partial charge in [0.15, 0.2) is 0 Å². The molecule has 0 amide bonds. The van der Waals surface area contributed by atoms with Crippen LogP contribution in [-0.4, -0.2) is 64.8 Å². The molecule has 2 aromatic rings. The van der Waals surface area contributed by atoms with Crippen molar-refractivity contribution >= 4 is 10.0 Å². The summed E-state index contributed by atoms with van der Waals surface area (Å²) in [7, 11) is -3.09. The maximum absolute atomic E-state index is 11.5. The van der Waals surface area contributed by atoms with Crippen LogP contribution in [0.3, 0.4) is 0 Å². The first kappa shape index (κ1) is 15.1. The fraction of sp³-hybridized carbons (Fsp3) is 0.429. The van der Waals surface area contributed by atoms with Crippen LogP contribution in [0.15, 0.2) is 36.8 Å². The van der Waals surface area contributed by atoms with Crippen molar-refractivity contribution in [2.24, 2.45) is 0 Å². The van der Waals surface area contributed by atoms with Crippen LogP contribution >= 0.6 is 0 Å². The summed E-state index contributed by atoms with van der Waals surface area (Å²) in [4.78, 5) is 6.24. The summed E-state index contributed by atoms with van der Waals surface area (Å²) in [5, 5.41) is 4.38. The lowest BCUT2D eigenvalue weighted by atomic mass is 10.2. The second kappa shape index (κ2) is 6.15. The van der Waals surface area contributed by atoms with Gasteiger partial charge in [-0.3, -0.25) is 14.6 Å². The third kappa shape index (κ3) is 3.34. The maximum atomic E-state index is 11.5. The van der Waals surface area contributed by atoms with Crippen molar-refractivity contribution in [2.45, 2.75) is 6.67 Å². The highest BCUT2D eigenvalue weighted by Gasteiger charge is 2.23. The molecular formula is C14H19N5O2S. The monoisotopic (exact) mass is 321 g/mol. The van der Waals surface area contributed by atoms with E-state index in [1.807, 2.05) is 22.9 Å². The fourth-order valence-corrected chi connectivity index (χ4v) is 3.43. The molecule has 1 aliphatic rings. The lowest BCUT2D eigenvalue weighted by molar-refractivity contribution is 0.147. The van der Waals surface area contributed by atoms with Gasteiger partial charge in [0.1, 0.15) is 0 Å².